The number of rotatable bonds is 4. The summed E-state index contributed by atoms with van der Waals surface area (Å²) < 4.78 is 16.8. The Balaban J connectivity index is 1.88. The molecular formula is C13H16Cl2O3. The Hall–Kier alpha value is -0.320. The normalized spacial score (nSPS) is 28.3. The average Bonchev–Trinajstić information content (AvgIpc) is 2.39. The first-order valence-corrected chi connectivity index (χ1v) is 6.71. The first kappa shape index (κ1) is 14.1. The Kier molecular flexibility index (Phi) is 4.87. The molecule has 0 aromatic heterocycles. The molecule has 2 rings (SSSR count). The third-order valence-corrected chi connectivity index (χ3v) is 3.43. The van der Waals surface area contributed by atoms with Crippen molar-refractivity contribution in [3.05, 3.63) is 34.9 Å². The van der Waals surface area contributed by atoms with E-state index in [1.165, 1.54) is 0 Å². The Morgan fingerprint density at radius 2 is 2.00 bits per heavy atom. The Labute approximate surface area is 117 Å². The van der Waals surface area contributed by atoms with Crippen molar-refractivity contribution in [1.29, 1.82) is 0 Å². The van der Waals surface area contributed by atoms with Crippen molar-refractivity contribution in [2.24, 2.45) is 0 Å². The number of ether oxygens (including phenoxy) is 3. The quantitative estimate of drug-likeness (QED) is 0.797. The first-order valence-electron chi connectivity index (χ1n) is 5.79. The van der Waals surface area contributed by atoms with Gasteiger partial charge in [0, 0.05) is 5.02 Å². The van der Waals surface area contributed by atoms with Crippen LogP contribution in [-0.2, 0) is 20.8 Å². The van der Waals surface area contributed by atoms with Gasteiger partial charge in [-0.15, -0.1) is 11.6 Å². The van der Waals surface area contributed by atoms with Crippen molar-refractivity contribution in [3.8, 4) is 0 Å². The maximum Gasteiger partial charge on any atom is 0.171 e. The van der Waals surface area contributed by atoms with Gasteiger partial charge in [-0.2, -0.15) is 0 Å². The molecule has 0 spiro atoms. The monoisotopic (exact) mass is 290 g/mol. The predicted octanol–water partition coefficient (Wildman–Crippen LogP) is 3.23. The highest BCUT2D eigenvalue weighted by Gasteiger charge is 2.33. The average molecular weight is 291 g/mol. The second-order valence-electron chi connectivity index (χ2n) is 4.54. The van der Waals surface area contributed by atoms with E-state index in [0.29, 0.717) is 30.7 Å². The van der Waals surface area contributed by atoms with Crippen LogP contribution in [-0.4, -0.2) is 31.0 Å². The zero-order chi connectivity index (χ0) is 13.0. The van der Waals surface area contributed by atoms with Gasteiger partial charge in [0.25, 0.3) is 0 Å². The molecule has 0 radical (unpaired) electrons. The van der Waals surface area contributed by atoms with Crippen LogP contribution in [0.1, 0.15) is 12.5 Å². The lowest BCUT2D eigenvalue weighted by atomic mass is 10.1. The molecule has 3 nitrogen and oxygen atoms in total. The second kappa shape index (κ2) is 6.22. The van der Waals surface area contributed by atoms with Crippen LogP contribution in [0.25, 0.3) is 0 Å². The molecule has 0 N–H and O–H groups in total. The highest BCUT2D eigenvalue weighted by atomic mass is 35.5. The molecule has 1 aliphatic rings. The van der Waals surface area contributed by atoms with E-state index in [2.05, 4.69) is 0 Å². The minimum absolute atomic E-state index is 0.330. The summed E-state index contributed by atoms with van der Waals surface area (Å²) in [4.78, 5) is 0. The van der Waals surface area contributed by atoms with Gasteiger partial charge < -0.3 is 14.2 Å². The Morgan fingerprint density at radius 1 is 1.33 bits per heavy atom. The second-order valence-corrected chi connectivity index (χ2v) is 5.25. The Bertz CT molecular complexity index is 390. The van der Waals surface area contributed by atoms with Gasteiger partial charge in [0.15, 0.2) is 6.29 Å². The van der Waals surface area contributed by atoms with Crippen molar-refractivity contribution in [3.63, 3.8) is 0 Å². The van der Waals surface area contributed by atoms with E-state index < -0.39 is 5.60 Å². The van der Waals surface area contributed by atoms with Gasteiger partial charge >= 0.3 is 0 Å². The lowest BCUT2D eigenvalue weighted by Crippen LogP contribution is -2.47. The van der Waals surface area contributed by atoms with Crippen molar-refractivity contribution in [1.82, 2.24) is 0 Å². The first-order chi connectivity index (χ1) is 8.63. The number of benzene rings is 1. The molecule has 0 aliphatic carbocycles. The molecular weight excluding hydrogens is 275 g/mol. The largest absolute Gasteiger partial charge is 0.366 e. The molecule has 0 unspecified atom stereocenters. The van der Waals surface area contributed by atoms with Crippen LogP contribution in [0.3, 0.4) is 0 Å². The van der Waals surface area contributed by atoms with Gasteiger partial charge in [0.1, 0.15) is 5.60 Å². The summed E-state index contributed by atoms with van der Waals surface area (Å²) in [6.07, 6.45) is -0.330. The van der Waals surface area contributed by atoms with Gasteiger partial charge in [0.05, 0.1) is 25.7 Å². The van der Waals surface area contributed by atoms with Gasteiger partial charge in [-0.3, -0.25) is 0 Å². The molecule has 0 atom stereocenters. The zero-order valence-corrected chi connectivity index (χ0v) is 11.7. The summed E-state index contributed by atoms with van der Waals surface area (Å²) in [6.45, 7) is 3.33. The lowest BCUT2D eigenvalue weighted by Gasteiger charge is -2.36. The highest BCUT2D eigenvalue weighted by Crippen LogP contribution is 2.23. The van der Waals surface area contributed by atoms with Gasteiger partial charge in [-0.25, -0.2) is 0 Å². The van der Waals surface area contributed by atoms with Crippen LogP contribution in [0.2, 0.25) is 5.02 Å². The summed E-state index contributed by atoms with van der Waals surface area (Å²) in [5, 5.41) is 0.706. The molecule has 0 saturated carbocycles. The molecule has 18 heavy (non-hydrogen) atoms. The van der Waals surface area contributed by atoms with Crippen molar-refractivity contribution in [2.45, 2.75) is 25.4 Å². The van der Waals surface area contributed by atoms with Gasteiger partial charge in [-0.05, 0) is 18.6 Å². The fourth-order valence-electron chi connectivity index (χ4n) is 1.67. The number of hydrogen-bond acceptors (Lipinski definition) is 3. The summed E-state index contributed by atoms with van der Waals surface area (Å²) in [5.41, 5.74) is 0.502. The van der Waals surface area contributed by atoms with E-state index in [-0.39, 0.29) is 6.29 Å². The molecule has 1 aromatic rings. The van der Waals surface area contributed by atoms with Crippen molar-refractivity contribution in [2.75, 3.05) is 19.1 Å². The molecule has 5 heteroatoms. The van der Waals surface area contributed by atoms with E-state index in [9.17, 15) is 0 Å². The van der Waals surface area contributed by atoms with E-state index in [1.54, 1.807) is 0 Å². The summed E-state index contributed by atoms with van der Waals surface area (Å²) in [7, 11) is 0. The highest BCUT2D eigenvalue weighted by molar-refractivity contribution is 6.31. The molecule has 1 aliphatic heterocycles. The minimum Gasteiger partial charge on any atom is -0.366 e. The SMILES string of the molecule is C[C@]1(OCc2ccccc2Cl)CO[C@@H](CCl)OC1. The third-order valence-electron chi connectivity index (χ3n) is 2.81. The minimum atomic E-state index is -0.457. The molecule has 1 fully saturated rings. The van der Waals surface area contributed by atoms with Gasteiger partial charge in [0.2, 0.25) is 0 Å². The summed E-state index contributed by atoms with van der Waals surface area (Å²) in [5.74, 6) is 0.334. The van der Waals surface area contributed by atoms with Crippen LogP contribution in [0.5, 0.6) is 0 Å². The number of hydrogen-bond donors (Lipinski definition) is 0. The smallest absolute Gasteiger partial charge is 0.171 e. The molecule has 1 aromatic carbocycles. The topological polar surface area (TPSA) is 27.7 Å². The van der Waals surface area contributed by atoms with Crippen LogP contribution >= 0.6 is 23.2 Å². The van der Waals surface area contributed by atoms with Crippen LogP contribution in [0.15, 0.2) is 24.3 Å². The Morgan fingerprint density at radius 3 is 2.61 bits per heavy atom. The predicted molar refractivity (Wildman–Crippen MR) is 71.1 cm³/mol. The maximum atomic E-state index is 6.07. The summed E-state index contributed by atoms with van der Waals surface area (Å²) in [6, 6.07) is 7.62. The lowest BCUT2D eigenvalue weighted by molar-refractivity contribution is -0.255. The molecule has 1 heterocycles. The summed E-state index contributed by atoms with van der Waals surface area (Å²) >= 11 is 11.7. The van der Waals surface area contributed by atoms with Crippen molar-refractivity contribution >= 4 is 23.2 Å². The number of halogens is 2. The van der Waals surface area contributed by atoms with E-state index in [1.807, 2.05) is 31.2 Å². The van der Waals surface area contributed by atoms with E-state index in [4.69, 9.17) is 37.4 Å². The van der Waals surface area contributed by atoms with Crippen molar-refractivity contribution < 1.29 is 14.2 Å². The standard InChI is InChI=1S/C13H16Cl2O3/c1-13(8-16-12(6-14)17-9-13)18-7-10-4-2-3-5-11(10)15/h2-5,12H,6-9H2,1H3/t12-,13+. The van der Waals surface area contributed by atoms with Crippen LogP contribution in [0, 0.1) is 0 Å². The van der Waals surface area contributed by atoms with E-state index >= 15 is 0 Å². The maximum absolute atomic E-state index is 6.07. The van der Waals surface area contributed by atoms with E-state index in [0.717, 1.165) is 5.56 Å². The fourth-order valence-corrected chi connectivity index (χ4v) is 2.04. The number of alkyl halides is 1. The molecule has 0 bridgehead atoms. The molecule has 0 amide bonds. The molecule has 1 saturated heterocycles. The van der Waals surface area contributed by atoms with Crippen LogP contribution in [0.4, 0.5) is 0 Å². The third kappa shape index (κ3) is 3.59. The molecule has 100 valence electrons. The van der Waals surface area contributed by atoms with Crippen LogP contribution < -0.4 is 0 Å². The zero-order valence-electron chi connectivity index (χ0n) is 10.2. The fraction of sp³-hybridized carbons (Fsp3) is 0.538. The van der Waals surface area contributed by atoms with Gasteiger partial charge in [-0.1, -0.05) is 29.8 Å².